The summed E-state index contributed by atoms with van der Waals surface area (Å²) in [7, 11) is -3.22. The number of hydrogen-bond donors (Lipinski definition) is 2. The summed E-state index contributed by atoms with van der Waals surface area (Å²) in [6, 6.07) is 8.64. The van der Waals surface area contributed by atoms with Gasteiger partial charge in [-0.1, -0.05) is 0 Å². The molecular formula is C14H17N3O2S. The van der Waals surface area contributed by atoms with Gasteiger partial charge < -0.3 is 11.1 Å². The molecule has 6 heteroatoms. The van der Waals surface area contributed by atoms with Crippen molar-refractivity contribution in [2.75, 3.05) is 23.9 Å². The molecule has 2 rings (SSSR count). The van der Waals surface area contributed by atoms with Crippen molar-refractivity contribution in [2.24, 2.45) is 0 Å². The van der Waals surface area contributed by atoms with Gasteiger partial charge in [0, 0.05) is 25.2 Å². The molecule has 0 fully saturated rings. The van der Waals surface area contributed by atoms with Crippen LogP contribution >= 0.6 is 0 Å². The van der Waals surface area contributed by atoms with Crippen LogP contribution in [0.4, 0.5) is 11.4 Å². The average molecular weight is 291 g/mol. The van der Waals surface area contributed by atoms with E-state index in [1.807, 2.05) is 12.1 Å². The summed E-state index contributed by atoms with van der Waals surface area (Å²) >= 11 is 0. The van der Waals surface area contributed by atoms with Crippen molar-refractivity contribution in [1.82, 2.24) is 4.98 Å². The lowest BCUT2D eigenvalue weighted by atomic mass is 10.2. The van der Waals surface area contributed by atoms with E-state index in [1.54, 1.807) is 24.5 Å². The molecule has 0 atom stereocenters. The van der Waals surface area contributed by atoms with E-state index in [9.17, 15) is 8.42 Å². The number of nitrogens with two attached hydrogens (primary N) is 1. The highest BCUT2D eigenvalue weighted by atomic mass is 32.2. The third-order valence-electron chi connectivity index (χ3n) is 2.93. The minimum atomic E-state index is -3.22. The first-order valence-corrected chi connectivity index (χ1v) is 8.08. The summed E-state index contributed by atoms with van der Waals surface area (Å²) in [5, 5.41) is 3.20. The number of nitrogen functional groups attached to an aromatic ring is 1. The van der Waals surface area contributed by atoms with Crippen LogP contribution in [0.3, 0.4) is 0 Å². The fourth-order valence-corrected chi connectivity index (χ4v) is 2.48. The third-order valence-corrected chi connectivity index (χ3v) is 4.04. The van der Waals surface area contributed by atoms with E-state index in [1.165, 1.54) is 11.6 Å². The van der Waals surface area contributed by atoms with Gasteiger partial charge in [0.2, 0.25) is 0 Å². The Hall–Kier alpha value is -2.08. The van der Waals surface area contributed by atoms with Gasteiger partial charge in [0.1, 0.15) is 0 Å². The number of aromatic nitrogens is 1. The molecular weight excluding hydrogens is 274 g/mol. The van der Waals surface area contributed by atoms with E-state index < -0.39 is 9.84 Å². The van der Waals surface area contributed by atoms with Gasteiger partial charge >= 0.3 is 0 Å². The Morgan fingerprint density at radius 3 is 2.50 bits per heavy atom. The minimum Gasteiger partial charge on any atom is -0.397 e. The smallest absolute Gasteiger partial charge is 0.175 e. The molecule has 0 bridgehead atoms. The number of benzene rings is 1. The molecule has 1 aromatic heterocycles. The number of rotatable bonds is 5. The molecule has 0 saturated heterocycles. The molecule has 3 N–H and O–H groups in total. The molecule has 1 aromatic carbocycles. The lowest BCUT2D eigenvalue weighted by Crippen LogP contribution is -2.08. The second kappa shape index (κ2) is 5.92. The van der Waals surface area contributed by atoms with Crippen molar-refractivity contribution in [2.45, 2.75) is 11.3 Å². The highest BCUT2D eigenvalue weighted by Gasteiger charge is 2.09. The lowest BCUT2D eigenvalue weighted by molar-refractivity contribution is 0.602. The first-order valence-electron chi connectivity index (χ1n) is 6.19. The Balaban J connectivity index is 2.00. The fraction of sp³-hybridized carbons (Fsp3) is 0.214. The minimum absolute atomic E-state index is 0.231. The third kappa shape index (κ3) is 3.71. The van der Waals surface area contributed by atoms with E-state index >= 15 is 0 Å². The zero-order chi connectivity index (χ0) is 14.6. The van der Waals surface area contributed by atoms with Crippen LogP contribution < -0.4 is 11.1 Å². The van der Waals surface area contributed by atoms with Crippen molar-refractivity contribution in [1.29, 1.82) is 0 Å². The zero-order valence-electron chi connectivity index (χ0n) is 11.2. The predicted molar refractivity (Wildman–Crippen MR) is 80.4 cm³/mol. The molecule has 106 valence electrons. The molecule has 0 radical (unpaired) electrons. The van der Waals surface area contributed by atoms with Gasteiger partial charge in [-0.05, 0) is 42.3 Å². The summed E-state index contributed by atoms with van der Waals surface area (Å²) < 4.78 is 22.8. The van der Waals surface area contributed by atoms with Crippen LogP contribution in [0.5, 0.6) is 0 Å². The van der Waals surface area contributed by atoms with Gasteiger partial charge in [-0.2, -0.15) is 0 Å². The first-order chi connectivity index (χ1) is 9.47. The molecule has 2 aromatic rings. The number of nitrogens with one attached hydrogen (secondary N) is 1. The van der Waals surface area contributed by atoms with Crippen molar-refractivity contribution in [3.05, 3.63) is 48.3 Å². The SMILES string of the molecule is CS(=O)(=O)c1ccc(NCCc2ccncc2)c(N)c1. The van der Waals surface area contributed by atoms with Crippen LogP contribution in [0.2, 0.25) is 0 Å². The second-order valence-electron chi connectivity index (χ2n) is 4.55. The van der Waals surface area contributed by atoms with Crippen LogP contribution in [0.25, 0.3) is 0 Å². The van der Waals surface area contributed by atoms with E-state index in [-0.39, 0.29) is 4.90 Å². The van der Waals surface area contributed by atoms with E-state index in [2.05, 4.69) is 10.3 Å². The predicted octanol–water partition coefficient (Wildman–Crippen LogP) is 1.72. The van der Waals surface area contributed by atoms with Crippen LogP contribution in [-0.4, -0.2) is 26.2 Å². The topological polar surface area (TPSA) is 85.1 Å². The molecule has 5 nitrogen and oxygen atoms in total. The Bertz CT molecular complexity index is 685. The summed E-state index contributed by atoms with van der Waals surface area (Å²) in [5.74, 6) is 0. The van der Waals surface area contributed by atoms with Gasteiger partial charge in [-0.15, -0.1) is 0 Å². The molecule has 20 heavy (non-hydrogen) atoms. The molecule has 0 aliphatic rings. The maximum absolute atomic E-state index is 11.4. The summed E-state index contributed by atoms with van der Waals surface area (Å²) in [6.45, 7) is 0.715. The highest BCUT2D eigenvalue weighted by molar-refractivity contribution is 7.90. The zero-order valence-corrected chi connectivity index (χ0v) is 12.0. The van der Waals surface area contributed by atoms with Gasteiger partial charge in [0.05, 0.1) is 16.3 Å². The maximum Gasteiger partial charge on any atom is 0.175 e. The molecule has 0 saturated carbocycles. The Labute approximate surface area is 118 Å². The van der Waals surface area contributed by atoms with Crippen LogP contribution in [0.1, 0.15) is 5.56 Å². The summed E-state index contributed by atoms with van der Waals surface area (Å²) in [6.07, 6.45) is 5.52. The quantitative estimate of drug-likeness (QED) is 0.819. The van der Waals surface area contributed by atoms with Gasteiger partial charge in [0.25, 0.3) is 0 Å². The number of hydrogen-bond acceptors (Lipinski definition) is 5. The maximum atomic E-state index is 11.4. The monoisotopic (exact) mass is 291 g/mol. The number of pyridine rings is 1. The van der Waals surface area contributed by atoms with Crippen molar-refractivity contribution in [3.8, 4) is 0 Å². The summed E-state index contributed by atoms with van der Waals surface area (Å²) in [5.41, 5.74) is 8.22. The summed E-state index contributed by atoms with van der Waals surface area (Å²) in [4.78, 5) is 4.19. The van der Waals surface area contributed by atoms with Gasteiger partial charge in [0.15, 0.2) is 9.84 Å². The molecule has 0 aliphatic carbocycles. The van der Waals surface area contributed by atoms with Crippen LogP contribution in [0, 0.1) is 0 Å². The Morgan fingerprint density at radius 2 is 1.90 bits per heavy atom. The lowest BCUT2D eigenvalue weighted by Gasteiger charge is -2.10. The Morgan fingerprint density at radius 1 is 1.20 bits per heavy atom. The van der Waals surface area contributed by atoms with E-state index in [0.717, 1.165) is 18.4 Å². The van der Waals surface area contributed by atoms with E-state index in [4.69, 9.17) is 5.73 Å². The number of nitrogens with zero attached hydrogens (tertiary/aromatic N) is 1. The molecule has 1 heterocycles. The highest BCUT2D eigenvalue weighted by Crippen LogP contribution is 2.22. The van der Waals surface area contributed by atoms with Crippen LogP contribution in [-0.2, 0) is 16.3 Å². The number of sulfone groups is 1. The van der Waals surface area contributed by atoms with Gasteiger partial charge in [-0.25, -0.2) is 8.42 Å². The standard InChI is InChI=1S/C14H17N3O2S/c1-20(18,19)12-2-3-14(13(15)10-12)17-9-6-11-4-7-16-8-5-11/h2-5,7-8,10,17H,6,9,15H2,1H3. The molecule has 0 spiro atoms. The second-order valence-corrected chi connectivity index (χ2v) is 6.57. The van der Waals surface area contributed by atoms with Crippen LogP contribution in [0.15, 0.2) is 47.6 Å². The number of anilines is 2. The normalized spacial score (nSPS) is 11.2. The molecule has 0 unspecified atom stereocenters. The van der Waals surface area contributed by atoms with Crippen molar-refractivity contribution in [3.63, 3.8) is 0 Å². The van der Waals surface area contributed by atoms with Gasteiger partial charge in [-0.3, -0.25) is 4.98 Å². The first kappa shape index (κ1) is 14.3. The fourth-order valence-electron chi connectivity index (χ4n) is 1.82. The largest absolute Gasteiger partial charge is 0.397 e. The Kier molecular flexibility index (Phi) is 4.24. The molecule has 0 aliphatic heterocycles. The van der Waals surface area contributed by atoms with E-state index in [0.29, 0.717) is 12.2 Å². The van der Waals surface area contributed by atoms with Crippen molar-refractivity contribution < 1.29 is 8.42 Å². The molecule has 0 amide bonds. The van der Waals surface area contributed by atoms with Crippen molar-refractivity contribution >= 4 is 21.2 Å². The average Bonchev–Trinajstić information content (AvgIpc) is 2.40.